The smallest absolute Gasteiger partial charge is 0.305 e. The predicted molar refractivity (Wildman–Crippen MR) is 288 cm³/mol. The van der Waals surface area contributed by atoms with E-state index in [0.29, 0.717) is 19.4 Å². The molecular weight excluding hydrogens is 883 g/mol. The van der Waals surface area contributed by atoms with Crippen LogP contribution >= 0.6 is 0 Å². The van der Waals surface area contributed by atoms with Crippen LogP contribution in [-0.2, 0) is 23.8 Å². The van der Waals surface area contributed by atoms with Gasteiger partial charge in [-0.15, -0.1) is 0 Å². The van der Waals surface area contributed by atoms with Crippen LogP contribution in [0, 0.1) is 0 Å². The molecule has 0 aromatic heterocycles. The molecule has 0 aliphatic carbocycles. The number of ether oxygens (including phenoxy) is 3. The van der Waals surface area contributed by atoms with Crippen LogP contribution in [0.4, 0.5) is 0 Å². The lowest BCUT2D eigenvalue weighted by atomic mass is 9.99. The average molecular weight is 995 g/mol. The van der Waals surface area contributed by atoms with E-state index in [1.54, 1.807) is 6.08 Å². The van der Waals surface area contributed by atoms with Gasteiger partial charge in [0.1, 0.15) is 24.4 Å². The minimum atomic E-state index is -1.58. The van der Waals surface area contributed by atoms with Crippen LogP contribution in [0.5, 0.6) is 0 Å². The Bertz CT molecular complexity index is 1220. The first-order valence-corrected chi connectivity index (χ1v) is 29.6. The van der Waals surface area contributed by atoms with Crippen molar-refractivity contribution in [2.24, 2.45) is 0 Å². The first-order chi connectivity index (χ1) is 34.2. The van der Waals surface area contributed by atoms with E-state index < -0.39 is 49.5 Å². The van der Waals surface area contributed by atoms with Crippen LogP contribution in [0.15, 0.2) is 24.3 Å². The molecule has 1 saturated heterocycles. The number of carbonyl (C=O) groups excluding carboxylic acids is 2. The predicted octanol–water partition coefficient (Wildman–Crippen LogP) is 13.3. The molecule has 1 amide bonds. The zero-order valence-electron chi connectivity index (χ0n) is 45.2. The highest BCUT2D eigenvalue weighted by atomic mass is 16.7. The lowest BCUT2D eigenvalue weighted by Crippen LogP contribution is -2.60. The highest BCUT2D eigenvalue weighted by Crippen LogP contribution is 2.23. The average Bonchev–Trinajstić information content (AvgIpc) is 3.36. The van der Waals surface area contributed by atoms with Crippen molar-refractivity contribution in [2.45, 2.75) is 320 Å². The number of hydrogen-bond donors (Lipinski definition) is 6. The Balaban J connectivity index is 2.02. The van der Waals surface area contributed by atoms with Crippen LogP contribution in [0.1, 0.15) is 277 Å². The van der Waals surface area contributed by atoms with Gasteiger partial charge in [0, 0.05) is 12.8 Å². The quantitative estimate of drug-likeness (QED) is 0.0195. The number of carbonyl (C=O) groups is 2. The summed E-state index contributed by atoms with van der Waals surface area (Å²) in [5.74, 6) is -0.223. The standard InChI is InChI=1S/C59H111NO10/c1-3-5-7-9-11-13-14-15-16-17-18-19-20-24-27-31-35-39-43-47-55(64)68-48-44-40-36-32-28-25-22-21-23-26-30-34-38-42-46-54(63)60-51(52(62)45-41-37-33-29-12-10-8-6-4-2)50-69-59-58(67)57(66)56(65)53(49-61)70-59/h12,29,41,45,51-53,56-59,61-62,65-67H,3-11,13-28,30-40,42-44,46-50H2,1-2H3,(H,60,63)/b29-12+,45-41+. The molecule has 412 valence electrons. The van der Waals surface area contributed by atoms with E-state index in [1.807, 2.05) is 6.08 Å². The Hall–Kier alpha value is -1.86. The van der Waals surface area contributed by atoms with E-state index in [2.05, 4.69) is 31.3 Å². The van der Waals surface area contributed by atoms with Gasteiger partial charge in [0.15, 0.2) is 6.29 Å². The van der Waals surface area contributed by atoms with Crippen molar-refractivity contribution >= 4 is 11.9 Å². The summed E-state index contributed by atoms with van der Waals surface area (Å²) in [7, 11) is 0. The molecule has 0 aromatic rings. The van der Waals surface area contributed by atoms with Gasteiger partial charge in [-0.1, -0.05) is 244 Å². The largest absolute Gasteiger partial charge is 0.466 e. The molecule has 11 heteroatoms. The van der Waals surface area contributed by atoms with Crippen LogP contribution in [0.2, 0.25) is 0 Å². The zero-order valence-corrected chi connectivity index (χ0v) is 45.2. The Morgan fingerprint density at radius 3 is 1.41 bits per heavy atom. The molecule has 1 rings (SSSR count). The van der Waals surface area contributed by atoms with E-state index in [9.17, 15) is 35.1 Å². The number of hydrogen-bond acceptors (Lipinski definition) is 10. The van der Waals surface area contributed by atoms with E-state index in [4.69, 9.17) is 14.2 Å². The molecule has 0 radical (unpaired) electrons. The fraction of sp³-hybridized carbons (Fsp3) is 0.898. The van der Waals surface area contributed by atoms with Crippen molar-refractivity contribution in [2.75, 3.05) is 19.8 Å². The molecule has 1 heterocycles. The van der Waals surface area contributed by atoms with Crippen LogP contribution in [-0.4, -0.2) is 100 Å². The Morgan fingerprint density at radius 2 is 0.929 bits per heavy atom. The van der Waals surface area contributed by atoms with Crippen molar-refractivity contribution in [1.29, 1.82) is 0 Å². The Morgan fingerprint density at radius 1 is 0.514 bits per heavy atom. The third-order valence-corrected chi connectivity index (χ3v) is 14.1. The van der Waals surface area contributed by atoms with Gasteiger partial charge in [0.05, 0.1) is 32.0 Å². The van der Waals surface area contributed by atoms with Crippen LogP contribution in [0.3, 0.4) is 0 Å². The second-order valence-electron chi connectivity index (χ2n) is 20.7. The first kappa shape index (κ1) is 66.2. The molecule has 1 aliphatic rings. The second kappa shape index (κ2) is 49.4. The van der Waals surface area contributed by atoms with Gasteiger partial charge in [-0.2, -0.15) is 0 Å². The maximum atomic E-state index is 13.0. The monoisotopic (exact) mass is 994 g/mol. The Labute approximate surface area is 429 Å². The fourth-order valence-corrected chi connectivity index (χ4v) is 9.33. The number of aliphatic hydroxyl groups is 5. The van der Waals surface area contributed by atoms with Crippen molar-refractivity contribution in [3.63, 3.8) is 0 Å². The molecule has 70 heavy (non-hydrogen) atoms. The molecule has 0 bridgehead atoms. The number of allylic oxidation sites excluding steroid dienone is 3. The van der Waals surface area contributed by atoms with Crippen molar-refractivity contribution < 1.29 is 49.3 Å². The van der Waals surface area contributed by atoms with E-state index in [1.165, 1.54) is 180 Å². The summed E-state index contributed by atoms with van der Waals surface area (Å²) < 4.78 is 16.7. The van der Waals surface area contributed by atoms with Gasteiger partial charge >= 0.3 is 5.97 Å². The van der Waals surface area contributed by atoms with Crippen molar-refractivity contribution in [3.8, 4) is 0 Å². The Kier molecular flexibility index (Phi) is 46.6. The highest BCUT2D eigenvalue weighted by molar-refractivity contribution is 5.76. The molecular formula is C59H111NO10. The minimum absolute atomic E-state index is 0.0191. The lowest BCUT2D eigenvalue weighted by Gasteiger charge is -2.40. The zero-order chi connectivity index (χ0) is 51.0. The summed E-state index contributed by atoms with van der Waals surface area (Å²) in [6.07, 6.45) is 48.6. The molecule has 7 atom stereocenters. The number of unbranched alkanes of at least 4 members (excludes halogenated alkanes) is 35. The fourth-order valence-electron chi connectivity index (χ4n) is 9.33. The van der Waals surface area contributed by atoms with E-state index in [-0.39, 0.29) is 18.5 Å². The third-order valence-electron chi connectivity index (χ3n) is 14.1. The maximum absolute atomic E-state index is 13.0. The van der Waals surface area contributed by atoms with E-state index in [0.717, 1.165) is 70.6 Å². The van der Waals surface area contributed by atoms with Gasteiger partial charge in [-0.3, -0.25) is 9.59 Å². The number of aliphatic hydroxyl groups excluding tert-OH is 5. The van der Waals surface area contributed by atoms with Crippen LogP contribution in [0.25, 0.3) is 0 Å². The normalized spacial score (nSPS) is 19.3. The highest BCUT2D eigenvalue weighted by Gasteiger charge is 2.44. The number of nitrogens with one attached hydrogen (secondary N) is 1. The second-order valence-corrected chi connectivity index (χ2v) is 20.7. The topological polar surface area (TPSA) is 175 Å². The summed E-state index contributed by atoms with van der Waals surface area (Å²) in [6, 6.07) is -0.833. The maximum Gasteiger partial charge on any atom is 0.305 e. The summed E-state index contributed by atoms with van der Waals surface area (Å²) in [5.41, 5.74) is 0. The van der Waals surface area contributed by atoms with Gasteiger partial charge in [-0.05, 0) is 44.9 Å². The molecule has 1 fully saturated rings. The molecule has 1 aliphatic heterocycles. The van der Waals surface area contributed by atoms with Gasteiger partial charge in [0.25, 0.3) is 0 Å². The number of amides is 1. The van der Waals surface area contributed by atoms with Gasteiger partial charge < -0.3 is 45.1 Å². The minimum Gasteiger partial charge on any atom is -0.466 e. The number of esters is 1. The van der Waals surface area contributed by atoms with Gasteiger partial charge in [0.2, 0.25) is 5.91 Å². The molecule has 0 saturated carbocycles. The summed E-state index contributed by atoms with van der Waals surface area (Å²) in [6.45, 7) is 4.25. The van der Waals surface area contributed by atoms with Crippen molar-refractivity contribution in [1.82, 2.24) is 5.32 Å². The molecule has 11 nitrogen and oxygen atoms in total. The van der Waals surface area contributed by atoms with E-state index >= 15 is 0 Å². The summed E-state index contributed by atoms with van der Waals surface area (Å²) in [4.78, 5) is 25.1. The summed E-state index contributed by atoms with van der Waals surface area (Å²) in [5, 5.41) is 54.1. The van der Waals surface area contributed by atoms with Gasteiger partial charge in [-0.25, -0.2) is 0 Å². The number of rotatable bonds is 51. The third kappa shape index (κ3) is 38.7. The molecule has 6 N–H and O–H groups in total. The molecule has 7 unspecified atom stereocenters. The molecule has 0 spiro atoms. The van der Waals surface area contributed by atoms with Crippen LogP contribution < -0.4 is 5.32 Å². The molecule has 0 aromatic carbocycles. The van der Waals surface area contributed by atoms with Crippen molar-refractivity contribution in [3.05, 3.63) is 24.3 Å². The first-order valence-electron chi connectivity index (χ1n) is 29.6. The summed E-state index contributed by atoms with van der Waals surface area (Å²) >= 11 is 0. The SMILES string of the molecule is CCCCC/C=C/CC/C=C/C(O)C(COC1OC(CO)C(O)C(O)C1O)NC(=O)CCCCCCCCCCCCCCCCOC(=O)CCCCCCCCCCCCCCCCCCCCC. The lowest BCUT2D eigenvalue weighted by molar-refractivity contribution is -0.302.